The molecule has 18 heavy (non-hydrogen) atoms. The summed E-state index contributed by atoms with van der Waals surface area (Å²) < 4.78 is 0. The third kappa shape index (κ3) is 3.38. The fourth-order valence-corrected chi connectivity index (χ4v) is 2.85. The first-order valence-electron chi connectivity index (χ1n) is 6.40. The quantitative estimate of drug-likeness (QED) is 0.769. The fourth-order valence-electron chi connectivity index (χ4n) is 2.12. The van der Waals surface area contributed by atoms with Crippen molar-refractivity contribution in [2.24, 2.45) is 0 Å². The van der Waals surface area contributed by atoms with Crippen LogP contribution in [0.4, 0.5) is 0 Å². The van der Waals surface area contributed by atoms with Gasteiger partial charge in [0.15, 0.2) is 10.8 Å². The van der Waals surface area contributed by atoms with Crippen LogP contribution in [0.15, 0.2) is 6.20 Å². The molecule has 1 aliphatic heterocycles. The Morgan fingerprint density at radius 1 is 1.33 bits per heavy atom. The van der Waals surface area contributed by atoms with Crippen LogP contribution in [0.25, 0.3) is 0 Å². The van der Waals surface area contributed by atoms with Crippen LogP contribution in [0.5, 0.6) is 0 Å². The fraction of sp³-hybridized carbons (Fsp3) is 0.615. The molecule has 0 unspecified atom stereocenters. The maximum atomic E-state index is 11.8. The molecule has 0 spiro atoms. The number of hydrogen-bond donors (Lipinski definition) is 0. The van der Waals surface area contributed by atoms with Gasteiger partial charge in [-0.25, -0.2) is 4.98 Å². The molecule has 0 atom stereocenters. The number of amides is 1. The van der Waals surface area contributed by atoms with Crippen molar-refractivity contribution in [3.63, 3.8) is 0 Å². The van der Waals surface area contributed by atoms with Crippen LogP contribution in [-0.4, -0.2) is 34.7 Å². The molecular weight excluding hydrogens is 248 g/mol. The summed E-state index contributed by atoms with van der Waals surface area (Å²) in [7, 11) is 0. The van der Waals surface area contributed by atoms with Crippen molar-refractivity contribution in [3.8, 4) is 0 Å². The average Bonchev–Trinajstić information content (AvgIpc) is 2.99. The van der Waals surface area contributed by atoms with Gasteiger partial charge >= 0.3 is 0 Å². The Morgan fingerprint density at radius 2 is 2.06 bits per heavy atom. The van der Waals surface area contributed by atoms with E-state index in [1.807, 2.05) is 11.8 Å². The smallest absolute Gasteiger partial charge is 0.222 e. The van der Waals surface area contributed by atoms with Gasteiger partial charge in [0.1, 0.15) is 0 Å². The van der Waals surface area contributed by atoms with Crippen LogP contribution in [0.2, 0.25) is 0 Å². The molecule has 2 rings (SSSR count). The van der Waals surface area contributed by atoms with E-state index < -0.39 is 0 Å². The predicted octanol–water partition coefficient (Wildman–Crippen LogP) is 2.43. The lowest BCUT2D eigenvalue weighted by molar-refractivity contribution is -0.130. The molecule has 0 aliphatic carbocycles. The Kier molecular flexibility index (Phi) is 4.47. The summed E-state index contributed by atoms with van der Waals surface area (Å²) >= 11 is 1.42. The summed E-state index contributed by atoms with van der Waals surface area (Å²) in [5.41, 5.74) is 0. The molecule has 1 saturated heterocycles. The molecule has 5 heteroatoms. The van der Waals surface area contributed by atoms with Gasteiger partial charge in [-0.15, -0.1) is 11.3 Å². The minimum absolute atomic E-state index is 0.0577. The normalized spacial score (nSPS) is 15.1. The summed E-state index contributed by atoms with van der Waals surface area (Å²) in [6.07, 6.45) is 5.48. The monoisotopic (exact) mass is 266 g/mol. The van der Waals surface area contributed by atoms with E-state index in [4.69, 9.17) is 0 Å². The second-order valence-electron chi connectivity index (χ2n) is 4.64. The van der Waals surface area contributed by atoms with E-state index in [0.29, 0.717) is 24.3 Å². The van der Waals surface area contributed by atoms with Gasteiger partial charge in [-0.3, -0.25) is 9.59 Å². The zero-order chi connectivity index (χ0) is 13.0. The van der Waals surface area contributed by atoms with Crippen molar-refractivity contribution in [3.05, 3.63) is 16.1 Å². The van der Waals surface area contributed by atoms with Gasteiger partial charge in [-0.05, 0) is 26.2 Å². The van der Waals surface area contributed by atoms with E-state index >= 15 is 0 Å². The van der Waals surface area contributed by atoms with Crippen LogP contribution < -0.4 is 0 Å². The molecule has 0 aromatic carbocycles. The molecule has 1 aromatic rings. The molecule has 0 N–H and O–H groups in total. The number of carbonyl (C=O) groups is 2. The Balaban J connectivity index is 1.71. The maximum absolute atomic E-state index is 11.8. The maximum Gasteiger partial charge on any atom is 0.222 e. The van der Waals surface area contributed by atoms with Crippen molar-refractivity contribution in [2.45, 2.75) is 39.0 Å². The number of carbonyl (C=O) groups excluding carboxylic acids is 2. The minimum Gasteiger partial charge on any atom is -0.343 e. The lowest BCUT2D eigenvalue weighted by Crippen LogP contribution is -2.27. The van der Waals surface area contributed by atoms with Crippen LogP contribution in [0.1, 0.15) is 46.8 Å². The first-order valence-corrected chi connectivity index (χ1v) is 7.22. The van der Waals surface area contributed by atoms with Crippen molar-refractivity contribution >= 4 is 23.0 Å². The number of rotatable bonds is 5. The number of nitrogens with zero attached hydrogens (tertiary/aromatic N) is 2. The molecule has 1 amide bonds. The molecule has 1 fully saturated rings. The van der Waals surface area contributed by atoms with E-state index in [2.05, 4.69) is 4.98 Å². The van der Waals surface area contributed by atoms with Gasteiger partial charge in [-0.1, -0.05) is 0 Å². The topological polar surface area (TPSA) is 50.3 Å². The zero-order valence-electron chi connectivity index (χ0n) is 10.6. The van der Waals surface area contributed by atoms with Gasteiger partial charge in [-0.2, -0.15) is 0 Å². The highest BCUT2D eigenvalue weighted by Crippen LogP contribution is 2.15. The largest absolute Gasteiger partial charge is 0.343 e. The SMILES string of the molecule is Cc1cnc(C(=O)CCCC(=O)N2CCCC2)s1. The number of aryl methyl sites for hydroxylation is 1. The number of likely N-dealkylation sites (tertiary alicyclic amines) is 1. The van der Waals surface area contributed by atoms with Gasteiger partial charge in [0.2, 0.25) is 5.91 Å². The van der Waals surface area contributed by atoms with Crippen molar-refractivity contribution in [1.29, 1.82) is 0 Å². The van der Waals surface area contributed by atoms with Crippen molar-refractivity contribution in [1.82, 2.24) is 9.88 Å². The highest BCUT2D eigenvalue weighted by Gasteiger charge is 2.18. The molecule has 0 bridgehead atoms. The number of thiazole rings is 1. The summed E-state index contributed by atoms with van der Waals surface area (Å²) in [5.74, 6) is 0.248. The molecule has 1 aromatic heterocycles. The van der Waals surface area contributed by atoms with Crippen molar-refractivity contribution < 1.29 is 9.59 Å². The Bertz CT molecular complexity index is 436. The van der Waals surface area contributed by atoms with E-state index in [0.717, 1.165) is 30.8 Å². The molecule has 0 saturated carbocycles. The highest BCUT2D eigenvalue weighted by atomic mass is 32.1. The van der Waals surface area contributed by atoms with Crippen molar-refractivity contribution in [2.75, 3.05) is 13.1 Å². The third-order valence-electron chi connectivity index (χ3n) is 3.11. The number of Topliss-reactive ketones (excluding diaryl/α,β-unsaturated/α-hetero) is 1. The molecule has 98 valence electrons. The third-order valence-corrected chi connectivity index (χ3v) is 4.07. The zero-order valence-corrected chi connectivity index (χ0v) is 11.5. The predicted molar refractivity (Wildman–Crippen MR) is 70.8 cm³/mol. The molecule has 1 aliphatic rings. The van der Waals surface area contributed by atoms with Gasteiger partial charge in [0.25, 0.3) is 0 Å². The molecular formula is C13H18N2O2S. The van der Waals surface area contributed by atoms with Crippen LogP contribution in [0, 0.1) is 6.92 Å². The van der Waals surface area contributed by atoms with E-state index in [-0.39, 0.29) is 11.7 Å². The summed E-state index contributed by atoms with van der Waals surface area (Å²) in [5, 5.41) is 0.570. The van der Waals surface area contributed by atoms with Gasteiger partial charge in [0, 0.05) is 37.0 Å². The Morgan fingerprint density at radius 3 is 2.67 bits per heavy atom. The van der Waals surface area contributed by atoms with E-state index in [1.165, 1.54) is 11.3 Å². The molecule has 0 radical (unpaired) electrons. The lowest BCUT2D eigenvalue weighted by atomic mass is 10.1. The molecule has 4 nitrogen and oxygen atoms in total. The average molecular weight is 266 g/mol. The summed E-state index contributed by atoms with van der Waals surface area (Å²) in [4.78, 5) is 30.6. The van der Waals surface area contributed by atoms with E-state index in [1.54, 1.807) is 6.20 Å². The van der Waals surface area contributed by atoms with Crippen LogP contribution in [-0.2, 0) is 4.79 Å². The summed E-state index contributed by atoms with van der Waals surface area (Å²) in [6.45, 7) is 3.71. The second kappa shape index (κ2) is 6.09. The second-order valence-corrected chi connectivity index (χ2v) is 5.88. The minimum atomic E-state index is 0.0577. The lowest BCUT2D eigenvalue weighted by Gasteiger charge is -2.14. The number of hydrogen-bond acceptors (Lipinski definition) is 4. The Hall–Kier alpha value is -1.23. The standard InChI is InChI=1S/C13H18N2O2S/c1-10-9-14-13(18-10)11(16)5-4-6-12(17)15-7-2-3-8-15/h9H,2-8H2,1H3. The Labute approximate surface area is 111 Å². The van der Waals surface area contributed by atoms with Crippen LogP contribution >= 0.6 is 11.3 Å². The van der Waals surface area contributed by atoms with E-state index in [9.17, 15) is 9.59 Å². The van der Waals surface area contributed by atoms with Gasteiger partial charge in [0.05, 0.1) is 0 Å². The number of aromatic nitrogens is 1. The number of ketones is 1. The first kappa shape index (κ1) is 13.2. The van der Waals surface area contributed by atoms with Gasteiger partial charge < -0.3 is 4.90 Å². The van der Waals surface area contributed by atoms with Crippen LogP contribution in [0.3, 0.4) is 0 Å². The highest BCUT2D eigenvalue weighted by molar-refractivity contribution is 7.13. The first-order chi connectivity index (χ1) is 8.66. The summed E-state index contributed by atoms with van der Waals surface area (Å²) in [6, 6.07) is 0. The molecule has 2 heterocycles.